The fourth-order valence-electron chi connectivity index (χ4n) is 2.74. The number of benzene rings is 2. The van der Waals surface area contributed by atoms with Gasteiger partial charge in [0.05, 0.1) is 31.2 Å². The summed E-state index contributed by atoms with van der Waals surface area (Å²) >= 11 is 0. The second-order valence-corrected chi connectivity index (χ2v) is 6.38. The molecule has 1 fully saturated rings. The highest BCUT2D eigenvalue weighted by Gasteiger charge is 2.48. The molecule has 2 unspecified atom stereocenters. The van der Waals surface area contributed by atoms with Gasteiger partial charge in [-0.1, -0.05) is 0 Å². The largest absolute Gasteiger partial charge is 0.497 e. The zero-order chi connectivity index (χ0) is 20.1. The summed E-state index contributed by atoms with van der Waals surface area (Å²) in [5.74, 6) is -1.89. The Morgan fingerprint density at radius 2 is 1.71 bits per heavy atom. The van der Waals surface area contributed by atoms with Crippen LogP contribution >= 0.6 is 0 Å². The molecule has 0 bridgehead atoms. The molecular weight excluding hydrogens is 370 g/mol. The Labute approximate surface area is 160 Å². The van der Waals surface area contributed by atoms with Gasteiger partial charge in [0.2, 0.25) is 11.8 Å². The lowest BCUT2D eigenvalue weighted by atomic mass is 10.2. The molecule has 0 radical (unpaired) electrons. The van der Waals surface area contributed by atoms with Gasteiger partial charge in [-0.25, -0.2) is 8.78 Å². The van der Waals surface area contributed by atoms with Gasteiger partial charge in [-0.05, 0) is 42.8 Å². The van der Waals surface area contributed by atoms with Crippen LogP contribution in [0.5, 0.6) is 11.5 Å². The Balaban J connectivity index is 1.38. The van der Waals surface area contributed by atoms with Crippen LogP contribution in [0.4, 0.5) is 14.5 Å². The number of amides is 2. The predicted molar refractivity (Wildman–Crippen MR) is 98.1 cm³/mol. The third-order valence-corrected chi connectivity index (χ3v) is 4.38. The van der Waals surface area contributed by atoms with E-state index in [4.69, 9.17) is 9.47 Å². The lowest BCUT2D eigenvalue weighted by Crippen LogP contribution is -2.31. The molecule has 0 saturated heterocycles. The number of carbonyl (C=O) groups is 2. The molecule has 0 aliphatic heterocycles. The average molecular weight is 390 g/mol. The summed E-state index contributed by atoms with van der Waals surface area (Å²) in [4.78, 5) is 24.2. The van der Waals surface area contributed by atoms with E-state index in [0.717, 1.165) is 17.9 Å². The van der Waals surface area contributed by atoms with Crippen LogP contribution in [0.25, 0.3) is 0 Å². The monoisotopic (exact) mass is 390 g/mol. The number of methoxy groups -OCH3 is 1. The van der Waals surface area contributed by atoms with Crippen molar-refractivity contribution in [2.45, 2.75) is 6.42 Å². The van der Waals surface area contributed by atoms with Crippen LogP contribution in [-0.2, 0) is 9.59 Å². The van der Waals surface area contributed by atoms with Crippen molar-refractivity contribution in [1.82, 2.24) is 5.32 Å². The maximum absolute atomic E-state index is 13.6. The zero-order valence-corrected chi connectivity index (χ0v) is 15.2. The molecule has 0 spiro atoms. The summed E-state index contributed by atoms with van der Waals surface area (Å²) < 4.78 is 37.0. The molecule has 2 amide bonds. The normalized spacial score (nSPS) is 17.5. The van der Waals surface area contributed by atoms with Crippen LogP contribution in [-0.4, -0.2) is 32.1 Å². The van der Waals surface area contributed by atoms with Crippen LogP contribution in [0.3, 0.4) is 0 Å². The van der Waals surface area contributed by atoms with Crippen molar-refractivity contribution < 1.29 is 27.8 Å². The van der Waals surface area contributed by atoms with Crippen LogP contribution in [0.2, 0.25) is 0 Å². The molecular formula is C20H20F2N2O4. The molecule has 1 aliphatic rings. The fourth-order valence-corrected chi connectivity index (χ4v) is 2.74. The third kappa shape index (κ3) is 4.97. The summed E-state index contributed by atoms with van der Waals surface area (Å²) in [6, 6.07) is 9.95. The quantitative estimate of drug-likeness (QED) is 0.680. The van der Waals surface area contributed by atoms with E-state index in [2.05, 4.69) is 10.6 Å². The highest BCUT2D eigenvalue weighted by Crippen LogP contribution is 2.39. The Morgan fingerprint density at radius 1 is 1.04 bits per heavy atom. The summed E-state index contributed by atoms with van der Waals surface area (Å²) in [5.41, 5.74) is -0.106. The van der Waals surface area contributed by atoms with Gasteiger partial charge >= 0.3 is 0 Å². The topological polar surface area (TPSA) is 76.7 Å². The standard InChI is InChI=1S/C20H20F2N2O4/c1-27-13-3-5-14(6-4-13)28-9-8-23-19(25)15-11-16(15)20(26)24-18-7-2-12(21)10-17(18)22/h2-7,10,15-16H,8-9,11H2,1H3,(H,23,25)(H,24,26). The van der Waals surface area contributed by atoms with Crippen LogP contribution in [0, 0.1) is 23.5 Å². The first-order valence-electron chi connectivity index (χ1n) is 8.78. The predicted octanol–water partition coefficient (Wildman–Crippen LogP) is 2.74. The molecule has 0 heterocycles. The van der Waals surface area contributed by atoms with Gasteiger partial charge in [0.1, 0.15) is 29.7 Å². The highest BCUT2D eigenvalue weighted by atomic mass is 19.1. The highest BCUT2D eigenvalue weighted by molar-refractivity contribution is 5.99. The summed E-state index contributed by atoms with van der Waals surface area (Å²) in [6.45, 7) is 0.574. The van der Waals surface area contributed by atoms with Crippen molar-refractivity contribution in [3.8, 4) is 11.5 Å². The van der Waals surface area contributed by atoms with Gasteiger partial charge in [0, 0.05) is 6.07 Å². The van der Waals surface area contributed by atoms with Crippen molar-refractivity contribution >= 4 is 17.5 Å². The van der Waals surface area contributed by atoms with Crippen LogP contribution < -0.4 is 20.1 Å². The van der Waals surface area contributed by atoms with Gasteiger partial charge in [0.15, 0.2) is 0 Å². The summed E-state index contributed by atoms with van der Waals surface area (Å²) in [7, 11) is 1.58. The first-order valence-corrected chi connectivity index (χ1v) is 8.78. The second-order valence-electron chi connectivity index (χ2n) is 6.38. The lowest BCUT2D eigenvalue weighted by molar-refractivity contribution is -0.125. The lowest BCUT2D eigenvalue weighted by Gasteiger charge is -2.09. The smallest absolute Gasteiger partial charge is 0.228 e. The molecule has 2 atom stereocenters. The van der Waals surface area contributed by atoms with Crippen molar-refractivity contribution in [2.75, 3.05) is 25.6 Å². The molecule has 3 rings (SSSR count). The third-order valence-electron chi connectivity index (χ3n) is 4.38. The van der Waals surface area contributed by atoms with E-state index in [1.165, 1.54) is 0 Å². The number of nitrogens with one attached hydrogen (secondary N) is 2. The maximum atomic E-state index is 13.6. The van der Waals surface area contributed by atoms with Crippen LogP contribution in [0.1, 0.15) is 6.42 Å². The first-order chi connectivity index (χ1) is 13.5. The van der Waals surface area contributed by atoms with Gasteiger partial charge in [0.25, 0.3) is 0 Å². The number of carbonyl (C=O) groups excluding carboxylic acids is 2. The van der Waals surface area contributed by atoms with Gasteiger partial charge in [-0.15, -0.1) is 0 Å². The minimum absolute atomic E-state index is 0.106. The van der Waals surface area contributed by atoms with E-state index in [9.17, 15) is 18.4 Å². The number of ether oxygens (including phenoxy) is 2. The van der Waals surface area contributed by atoms with E-state index in [1.807, 2.05) is 0 Å². The molecule has 0 aromatic heterocycles. The zero-order valence-electron chi connectivity index (χ0n) is 15.2. The molecule has 1 saturated carbocycles. The van der Waals surface area contributed by atoms with Crippen molar-refractivity contribution in [3.05, 3.63) is 54.1 Å². The number of anilines is 1. The minimum Gasteiger partial charge on any atom is -0.497 e. The fraction of sp³-hybridized carbons (Fsp3) is 0.300. The molecule has 6 nitrogen and oxygen atoms in total. The molecule has 1 aliphatic carbocycles. The Bertz CT molecular complexity index is 858. The second kappa shape index (κ2) is 8.69. The first kappa shape index (κ1) is 19.6. The molecule has 2 N–H and O–H groups in total. The van der Waals surface area contributed by atoms with E-state index < -0.39 is 29.4 Å². The van der Waals surface area contributed by atoms with Crippen molar-refractivity contribution in [2.24, 2.45) is 11.8 Å². The molecule has 2 aromatic carbocycles. The van der Waals surface area contributed by atoms with Gasteiger partial charge in [-0.2, -0.15) is 0 Å². The molecule has 148 valence electrons. The Kier molecular flexibility index (Phi) is 6.08. The SMILES string of the molecule is COc1ccc(OCCNC(=O)C2CC2C(=O)Nc2ccc(F)cc2F)cc1. The van der Waals surface area contributed by atoms with Gasteiger partial charge < -0.3 is 20.1 Å². The van der Waals surface area contributed by atoms with E-state index in [0.29, 0.717) is 24.8 Å². The van der Waals surface area contributed by atoms with Gasteiger partial charge in [-0.3, -0.25) is 9.59 Å². The van der Waals surface area contributed by atoms with E-state index >= 15 is 0 Å². The number of hydrogen-bond donors (Lipinski definition) is 2. The Hall–Kier alpha value is -3.16. The molecule has 8 heteroatoms. The van der Waals surface area contributed by atoms with E-state index in [-0.39, 0.29) is 18.2 Å². The summed E-state index contributed by atoms with van der Waals surface area (Å²) in [6.07, 6.45) is 0.389. The minimum atomic E-state index is -0.856. The van der Waals surface area contributed by atoms with Crippen LogP contribution in [0.15, 0.2) is 42.5 Å². The number of hydrogen-bond acceptors (Lipinski definition) is 4. The summed E-state index contributed by atoms with van der Waals surface area (Å²) in [5, 5.41) is 5.10. The Morgan fingerprint density at radius 3 is 2.39 bits per heavy atom. The van der Waals surface area contributed by atoms with Crippen molar-refractivity contribution in [3.63, 3.8) is 0 Å². The molecule has 28 heavy (non-hydrogen) atoms. The maximum Gasteiger partial charge on any atom is 0.228 e. The van der Waals surface area contributed by atoms with Crippen molar-refractivity contribution in [1.29, 1.82) is 0 Å². The molecule has 2 aromatic rings. The number of rotatable bonds is 8. The average Bonchev–Trinajstić information content (AvgIpc) is 3.49. The number of halogens is 2. The van der Waals surface area contributed by atoms with E-state index in [1.54, 1.807) is 31.4 Å².